The molecule has 3 heteroatoms. The minimum absolute atomic E-state index is 0.298. The number of fused-ring (bicyclic) bond motifs is 1. The van der Waals surface area contributed by atoms with Gasteiger partial charge in [-0.25, -0.2) is 0 Å². The molecule has 3 nitrogen and oxygen atoms in total. The van der Waals surface area contributed by atoms with Gasteiger partial charge in [-0.2, -0.15) is 0 Å². The lowest BCUT2D eigenvalue weighted by Crippen LogP contribution is -3.15. The Balaban J connectivity index is 1.89. The maximum Gasteiger partial charge on any atom is 0.188 e. The van der Waals surface area contributed by atoms with Crippen LogP contribution in [0.5, 0.6) is 5.75 Å². The van der Waals surface area contributed by atoms with Crippen LogP contribution in [0.1, 0.15) is 36.6 Å². The van der Waals surface area contributed by atoms with Crippen LogP contribution in [0.3, 0.4) is 0 Å². The number of nitrogens with one attached hydrogen (secondary N) is 1. The lowest BCUT2D eigenvalue weighted by molar-refractivity contribution is -0.967. The van der Waals surface area contributed by atoms with E-state index < -0.39 is 0 Å². The summed E-state index contributed by atoms with van der Waals surface area (Å²) in [5.41, 5.74) is 4.14. The van der Waals surface area contributed by atoms with E-state index in [1.54, 1.807) is 12.0 Å². The SMILES string of the molecule is COCOc1cccc2c1[C@@H](C)[NH+](Cc1ccccc1)[C@H](C)C2. The van der Waals surface area contributed by atoms with E-state index in [-0.39, 0.29) is 0 Å². The second-order valence-electron chi connectivity index (χ2n) is 6.44. The third-order valence-electron chi connectivity index (χ3n) is 4.89. The third-order valence-corrected chi connectivity index (χ3v) is 4.89. The Morgan fingerprint density at radius 1 is 1.04 bits per heavy atom. The van der Waals surface area contributed by atoms with E-state index in [0.29, 0.717) is 18.9 Å². The fourth-order valence-electron chi connectivity index (χ4n) is 3.74. The van der Waals surface area contributed by atoms with Crippen molar-refractivity contribution in [1.29, 1.82) is 0 Å². The Bertz CT molecular complexity index is 641. The van der Waals surface area contributed by atoms with E-state index in [4.69, 9.17) is 9.47 Å². The summed E-state index contributed by atoms with van der Waals surface area (Å²) < 4.78 is 10.9. The Labute approximate surface area is 138 Å². The molecule has 0 aliphatic carbocycles. The highest BCUT2D eigenvalue weighted by Gasteiger charge is 2.35. The molecule has 0 fully saturated rings. The summed E-state index contributed by atoms with van der Waals surface area (Å²) in [7, 11) is 1.66. The maximum atomic E-state index is 5.82. The molecule has 0 spiro atoms. The van der Waals surface area contributed by atoms with E-state index >= 15 is 0 Å². The van der Waals surface area contributed by atoms with E-state index in [9.17, 15) is 0 Å². The van der Waals surface area contributed by atoms with Crippen molar-refractivity contribution in [3.63, 3.8) is 0 Å². The number of hydrogen-bond acceptors (Lipinski definition) is 2. The molecule has 1 unspecified atom stereocenters. The first-order valence-electron chi connectivity index (χ1n) is 8.33. The van der Waals surface area contributed by atoms with Crippen LogP contribution in [0.2, 0.25) is 0 Å². The zero-order chi connectivity index (χ0) is 16.2. The minimum atomic E-state index is 0.298. The van der Waals surface area contributed by atoms with Gasteiger partial charge in [0.1, 0.15) is 18.3 Å². The molecule has 3 atom stereocenters. The van der Waals surface area contributed by atoms with Gasteiger partial charge in [-0.05, 0) is 25.5 Å². The van der Waals surface area contributed by atoms with E-state index in [1.165, 1.54) is 16.7 Å². The molecule has 1 aliphatic rings. The average molecular weight is 312 g/mol. The van der Waals surface area contributed by atoms with Crippen LogP contribution in [-0.2, 0) is 17.7 Å². The molecule has 1 N–H and O–H groups in total. The van der Waals surface area contributed by atoms with E-state index in [2.05, 4.69) is 62.4 Å². The molecule has 122 valence electrons. The summed E-state index contributed by atoms with van der Waals surface area (Å²) in [5, 5.41) is 0. The largest absolute Gasteiger partial charge is 0.467 e. The van der Waals surface area contributed by atoms with Gasteiger partial charge in [0.25, 0.3) is 0 Å². The highest BCUT2D eigenvalue weighted by molar-refractivity contribution is 5.43. The number of methoxy groups -OCH3 is 1. The van der Waals surface area contributed by atoms with Crippen molar-refractivity contribution in [2.45, 2.75) is 38.9 Å². The second kappa shape index (κ2) is 7.16. The second-order valence-corrected chi connectivity index (χ2v) is 6.44. The smallest absolute Gasteiger partial charge is 0.188 e. The van der Waals surface area contributed by atoms with Crippen molar-refractivity contribution in [3.8, 4) is 5.75 Å². The molecule has 2 aromatic carbocycles. The first-order valence-corrected chi connectivity index (χ1v) is 8.33. The molecule has 0 saturated carbocycles. The fourth-order valence-corrected chi connectivity index (χ4v) is 3.74. The first-order chi connectivity index (χ1) is 11.2. The Morgan fingerprint density at radius 2 is 1.83 bits per heavy atom. The summed E-state index contributed by atoms with van der Waals surface area (Å²) in [4.78, 5) is 1.59. The van der Waals surface area contributed by atoms with Crippen molar-refractivity contribution in [3.05, 3.63) is 65.2 Å². The maximum absolute atomic E-state index is 5.82. The lowest BCUT2D eigenvalue weighted by Gasteiger charge is -2.38. The Hall–Kier alpha value is -1.84. The predicted octanol–water partition coefficient (Wildman–Crippen LogP) is 2.76. The van der Waals surface area contributed by atoms with E-state index in [0.717, 1.165) is 18.7 Å². The van der Waals surface area contributed by atoms with Crippen LogP contribution in [0, 0.1) is 0 Å². The van der Waals surface area contributed by atoms with Crippen LogP contribution in [0.25, 0.3) is 0 Å². The molecular formula is C20H26NO2+. The number of rotatable bonds is 5. The number of benzene rings is 2. The summed E-state index contributed by atoms with van der Waals surface area (Å²) in [6, 6.07) is 18.1. The van der Waals surface area contributed by atoms with Gasteiger partial charge in [-0.1, -0.05) is 42.5 Å². The van der Waals surface area contributed by atoms with Crippen molar-refractivity contribution in [1.82, 2.24) is 0 Å². The molecule has 0 bridgehead atoms. The normalized spacial score (nSPS) is 23.3. The molecule has 0 amide bonds. The van der Waals surface area contributed by atoms with Crippen LogP contribution in [0.15, 0.2) is 48.5 Å². The third kappa shape index (κ3) is 3.41. The predicted molar refractivity (Wildman–Crippen MR) is 91.6 cm³/mol. The van der Waals surface area contributed by atoms with Gasteiger partial charge in [0.05, 0.1) is 11.6 Å². The molecule has 0 saturated heterocycles. The fraction of sp³-hybridized carbons (Fsp3) is 0.400. The van der Waals surface area contributed by atoms with Gasteiger partial charge in [0.2, 0.25) is 0 Å². The summed E-state index contributed by atoms with van der Waals surface area (Å²) >= 11 is 0. The monoisotopic (exact) mass is 312 g/mol. The van der Waals surface area contributed by atoms with Gasteiger partial charge >= 0.3 is 0 Å². The summed E-state index contributed by atoms with van der Waals surface area (Å²) in [6.07, 6.45) is 1.09. The van der Waals surface area contributed by atoms with Crippen molar-refractivity contribution < 1.29 is 14.4 Å². The highest BCUT2D eigenvalue weighted by Crippen LogP contribution is 2.31. The van der Waals surface area contributed by atoms with Gasteiger partial charge in [0, 0.05) is 19.1 Å². The molecule has 0 aromatic heterocycles. The lowest BCUT2D eigenvalue weighted by atomic mass is 9.88. The highest BCUT2D eigenvalue weighted by atomic mass is 16.7. The Kier molecular flexibility index (Phi) is 4.99. The van der Waals surface area contributed by atoms with Crippen molar-refractivity contribution in [2.75, 3.05) is 13.9 Å². The van der Waals surface area contributed by atoms with Crippen LogP contribution >= 0.6 is 0 Å². The van der Waals surface area contributed by atoms with Crippen molar-refractivity contribution >= 4 is 0 Å². The summed E-state index contributed by atoms with van der Waals surface area (Å²) in [5.74, 6) is 0.967. The van der Waals surface area contributed by atoms with Crippen LogP contribution < -0.4 is 9.64 Å². The molecule has 3 rings (SSSR count). The van der Waals surface area contributed by atoms with E-state index in [1.807, 2.05) is 0 Å². The number of quaternary nitrogens is 1. The Morgan fingerprint density at radius 3 is 2.57 bits per heavy atom. The average Bonchev–Trinajstić information content (AvgIpc) is 2.57. The first kappa shape index (κ1) is 16.0. The molecule has 1 heterocycles. The molecule has 1 aliphatic heterocycles. The zero-order valence-corrected chi connectivity index (χ0v) is 14.2. The molecule has 0 radical (unpaired) electrons. The summed E-state index contributed by atoms with van der Waals surface area (Å²) in [6.45, 7) is 6.00. The standard InChI is InChI=1S/C20H25NO2/c1-15-12-18-10-7-11-19(23-14-22-3)20(18)16(2)21(15)13-17-8-5-4-6-9-17/h4-11,15-16H,12-14H2,1-3H3/p+1/t15-,16-/m1/s1. The topological polar surface area (TPSA) is 22.9 Å². The molecule has 23 heavy (non-hydrogen) atoms. The minimum Gasteiger partial charge on any atom is -0.467 e. The van der Waals surface area contributed by atoms with Gasteiger partial charge < -0.3 is 14.4 Å². The van der Waals surface area contributed by atoms with Gasteiger partial charge in [-0.3, -0.25) is 0 Å². The van der Waals surface area contributed by atoms with Gasteiger partial charge in [-0.15, -0.1) is 0 Å². The number of hydrogen-bond donors (Lipinski definition) is 1. The van der Waals surface area contributed by atoms with Crippen molar-refractivity contribution in [2.24, 2.45) is 0 Å². The number of ether oxygens (including phenoxy) is 2. The zero-order valence-electron chi connectivity index (χ0n) is 14.2. The molecule has 2 aromatic rings. The van der Waals surface area contributed by atoms with Gasteiger partial charge in [0.15, 0.2) is 6.79 Å². The molecular weight excluding hydrogens is 286 g/mol. The quantitative estimate of drug-likeness (QED) is 0.858. The van der Waals surface area contributed by atoms with Crippen LogP contribution in [-0.4, -0.2) is 19.9 Å². The van der Waals surface area contributed by atoms with Crippen LogP contribution in [0.4, 0.5) is 0 Å².